The van der Waals surface area contributed by atoms with E-state index < -0.39 is 59.2 Å². The van der Waals surface area contributed by atoms with Crippen LogP contribution in [0.15, 0.2) is 54.6 Å². The highest BCUT2D eigenvalue weighted by molar-refractivity contribution is 6.05. The number of nitrogens with one attached hydrogen (secondary N) is 4. The first-order chi connectivity index (χ1) is 24.1. The highest BCUT2D eigenvalue weighted by atomic mass is 16.5. The molecule has 0 bridgehead atoms. The lowest BCUT2D eigenvalue weighted by molar-refractivity contribution is -0.140. The van der Waals surface area contributed by atoms with Crippen molar-refractivity contribution in [1.29, 1.82) is 0 Å². The number of aromatic nitrogens is 4. The van der Waals surface area contributed by atoms with Crippen molar-refractivity contribution in [2.45, 2.75) is 71.3 Å². The van der Waals surface area contributed by atoms with Gasteiger partial charge in [-0.2, -0.15) is 4.80 Å². The second kappa shape index (κ2) is 17.7. The molecule has 0 spiro atoms. The summed E-state index contributed by atoms with van der Waals surface area (Å²) in [4.78, 5) is 58.1. The predicted octanol–water partition coefficient (Wildman–Crippen LogP) is 2.39. The SMILES string of the molecule is CNC[C@H](CCc1ccccc1)N(C(=O)[C@](NC(=O)OC)(NC(=O)[C@@H](NC(=O)OC)C(C)(C)C)[C@@H](C)C(C)O)c1ccc(-c2nnn(C)n2)cc1. The van der Waals surface area contributed by atoms with E-state index in [0.29, 0.717) is 36.5 Å². The second-order valence-corrected chi connectivity index (χ2v) is 13.4. The molecule has 4 amide bonds. The fourth-order valence-corrected chi connectivity index (χ4v) is 5.64. The van der Waals surface area contributed by atoms with Gasteiger partial charge in [-0.25, -0.2) is 9.59 Å². The summed E-state index contributed by atoms with van der Waals surface area (Å²) < 4.78 is 9.74. The summed E-state index contributed by atoms with van der Waals surface area (Å²) in [5.74, 6) is -2.34. The van der Waals surface area contributed by atoms with E-state index in [1.165, 1.54) is 23.5 Å². The Hall–Kier alpha value is -5.09. The smallest absolute Gasteiger partial charge is 0.409 e. The van der Waals surface area contributed by atoms with Gasteiger partial charge in [-0.15, -0.1) is 10.2 Å². The molecule has 0 aliphatic rings. The van der Waals surface area contributed by atoms with E-state index in [9.17, 15) is 19.5 Å². The number of tetrazole rings is 1. The van der Waals surface area contributed by atoms with Crippen molar-refractivity contribution in [2.24, 2.45) is 18.4 Å². The molecule has 1 heterocycles. The average molecular weight is 710 g/mol. The van der Waals surface area contributed by atoms with Gasteiger partial charge in [0.2, 0.25) is 17.4 Å². The summed E-state index contributed by atoms with van der Waals surface area (Å²) in [6.07, 6.45) is -2.11. The number of likely N-dealkylation sites (N-methyl/N-ethyl adjacent to an activating group) is 1. The zero-order valence-corrected chi connectivity index (χ0v) is 30.8. The maximum atomic E-state index is 15.5. The summed E-state index contributed by atoms with van der Waals surface area (Å²) in [7, 11) is 5.69. The number of aryl methyl sites for hydroxylation is 2. The Bertz CT molecular complexity index is 1610. The first kappa shape index (κ1) is 40.3. The molecule has 3 rings (SSSR count). The van der Waals surface area contributed by atoms with Crippen molar-refractivity contribution in [3.05, 3.63) is 60.2 Å². The third kappa shape index (κ3) is 10.2. The Balaban J connectivity index is 2.27. The molecule has 3 aromatic rings. The van der Waals surface area contributed by atoms with Gasteiger partial charge in [0, 0.05) is 29.8 Å². The van der Waals surface area contributed by atoms with Gasteiger partial charge >= 0.3 is 12.2 Å². The van der Waals surface area contributed by atoms with E-state index in [0.717, 1.165) is 19.8 Å². The number of carbonyl (C=O) groups is 4. The predicted molar refractivity (Wildman–Crippen MR) is 190 cm³/mol. The molecule has 0 saturated carbocycles. The van der Waals surface area contributed by atoms with Crippen molar-refractivity contribution in [2.75, 3.05) is 32.7 Å². The van der Waals surface area contributed by atoms with Crippen LogP contribution in [0.4, 0.5) is 15.3 Å². The molecule has 1 unspecified atom stereocenters. The molecule has 0 saturated heterocycles. The van der Waals surface area contributed by atoms with Crippen LogP contribution in [0, 0.1) is 11.3 Å². The molecule has 2 aromatic carbocycles. The fraction of sp³-hybridized carbons (Fsp3) is 0.514. The van der Waals surface area contributed by atoms with Crippen LogP contribution < -0.4 is 26.2 Å². The van der Waals surface area contributed by atoms with Gasteiger partial charge in [-0.05, 0) is 67.3 Å². The third-order valence-electron chi connectivity index (χ3n) is 8.67. The number of nitrogens with zero attached hydrogens (tertiary/aromatic N) is 5. The summed E-state index contributed by atoms with van der Waals surface area (Å²) in [5, 5.41) is 34.4. The van der Waals surface area contributed by atoms with Crippen molar-refractivity contribution >= 4 is 29.7 Å². The zero-order valence-electron chi connectivity index (χ0n) is 30.8. The Morgan fingerprint density at radius 1 is 0.941 bits per heavy atom. The molecule has 16 heteroatoms. The maximum Gasteiger partial charge on any atom is 0.409 e. The molecule has 278 valence electrons. The minimum atomic E-state index is -2.30. The van der Waals surface area contributed by atoms with Crippen LogP contribution in [0.2, 0.25) is 0 Å². The molecule has 1 aromatic heterocycles. The summed E-state index contributed by atoms with van der Waals surface area (Å²) in [5.41, 5.74) is -1.09. The molecule has 0 radical (unpaired) electrons. The topological polar surface area (TPSA) is 202 Å². The van der Waals surface area contributed by atoms with Crippen LogP contribution in [0.5, 0.6) is 0 Å². The second-order valence-electron chi connectivity index (χ2n) is 13.4. The number of hydrogen-bond donors (Lipinski definition) is 5. The zero-order chi connectivity index (χ0) is 37.9. The number of amides is 4. The van der Waals surface area contributed by atoms with E-state index in [1.54, 1.807) is 59.1 Å². The Morgan fingerprint density at radius 2 is 1.57 bits per heavy atom. The van der Waals surface area contributed by atoms with Gasteiger partial charge in [0.25, 0.3) is 5.91 Å². The van der Waals surface area contributed by atoms with E-state index in [1.807, 2.05) is 30.3 Å². The molecular weight excluding hydrogens is 658 g/mol. The Morgan fingerprint density at radius 3 is 2.08 bits per heavy atom. The van der Waals surface area contributed by atoms with Gasteiger partial charge in [-0.3, -0.25) is 14.9 Å². The number of rotatable bonds is 15. The van der Waals surface area contributed by atoms with Crippen molar-refractivity contribution in [1.82, 2.24) is 41.5 Å². The number of hydrogen-bond acceptors (Lipinski definition) is 11. The van der Waals surface area contributed by atoms with Crippen LogP contribution in [-0.2, 0) is 32.5 Å². The molecule has 5 N–H and O–H groups in total. The van der Waals surface area contributed by atoms with Gasteiger partial charge in [-0.1, -0.05) is 58.0 Å². The van der Waals surface area contributed by atoms with Crippen LogP contribution in [0.1, 0.15) is 46.6 Å². The summed E-state index contributed by atoms with van der Waals surface area (Å²) in [6, 6.07) is 14.9. The van der Waals surface area contributed by atoms with Gasteiger partial charge in [0.05, 0.1) is 27.4 Å². The monoisotopic (exact) mass is 709 g/mol. The van der Waals surface area contributed by atoms with E-state index in [2.05, 4.69) is 36.7 Å². The van der Waals surface area contributed by atoms with Crippen LogP contribution >= 0.6 is 0 Å². The number of methoxy groups -OCH3 is 2. The Kier molecular flexibility index (Phi) is 14.0. The van der Waals surface area contributed by atoms with Gasteiger partial charge in [0.15, 0.2) is 0 Å². The Labute approximate surface area is 298 Å². The number of ether oxygens (including phenoxy) is 2. The molecular formula is C35H51N9O7. The lowest BCUT2D eigenvalue weighted by atomic mass is 9.83. The lowest BCUT2D eigenvalue weighted by Gasteiger charge is -2.45. The van der Waals surface area contributed by atoms with E-state index >= 15 is 4.79 Å². The number of carbonyl (C=O) groups excluding carboxylic acids is 4. The average Bonchev–Trinajstić information content (AvgIpc) is 3.54. The van der Waals surface area contributed by atoms with Crippen molar-refractivity contribution < 1.29 is 33.8 Å². The number of benzene rings is 2. The molecule has 5 atom stereocenters. The fourth-order valence-electron chi connectivity index (χ4n) is 5.64. The normalized spacial score (nSPS) is 14.9. The minimum Gasteiger partial charge on any atom is -0.453 e. The minimum absolute atomic E-state index is 0.311. The third-order valence-corrected chi connectivity index (χ3v) is 8.67. The quantitative estimate of drug-likeness (QED) is 0.145. The number of aliphatic hydroxyl groups is 1. The number of alkyl carbamates (subject to hydrolysis) is 2. The molecule has 0 aliphatic carbocycles. The van der Waals surface area contributed by atoms with Crippen molar-refractivity contribution in [3.8, 4) is 11.4 Å². The van der Waals surface area contributed by atoms with Crippen molar-refractivity contribution in [3.63, 3.8) is 0 Å². The van der Waals surface area contributed by atoms with Gasteiger partial charge in [0.1, 0.15) is 6.04 Å². The highest BCUT2D eigenvalue weighted by Gasteiger charge is 2.53. The summed E-state index contributed by atoms with van der Waals surface area (Å²) >= 11 is 0. The molecule has 0 fully saturated rings. The van der Waals surface area contributed by atoms with E-state index in [4.69, 9.17) is 9.47 Å². The van der Waals surface area contributed by atoms with Crippen LogP contribution in [-0.4, -0.2) is 101 Å². The summed E-state index contributed by atoms with van der Waals surface area (Å²) in [6.45, 7) is 8.43. The molecule has 51 heavy (non-hydrogen) atoms. The highest BCUT2D eigenvalue weighted by Crippen LogP contribution is 2.31. The first-order valence-corrected chi connectivity index (χ1v) is 16.6. The molecule has 0 aliphatic heterocycles. The van der Waals surface area contributed by atoms with Crippen LogP contribution in [0.25, 0.3) is 11.4 Å². The lowest BCUT2D eigenvalue weighted by Crippen LogP contribution is -2.76. The maximum absolute atomic E-state index is 15.5. The van der Waals surface area contributed by atoms with Gasteiger partial charge < -0.3 is 35.4 Å². The number of anilines is 1. The standard InChI is InChI=1S/C35H51N9O7/c1-22(23(2)45)35(39-33(49)51-9,38-30(46)28(34(3,4)5)37-32(48)50-8)31(47)44(27(21-36-6)18-15-24-13-11-10-12-14-24)26-19-16-25(17-20-26)29-40-42-43(7)41-29/h10-14,16-17,19-20,22-23,27-28,36,45H,15,18,21H2,1-9H3,(H,37,48)(H,38,46)(H,39,49)/t22-,23?,27-,28+,35-/m0/s1. The first-order valence-electron chi connectivity index (χ1n) is 16.6. The van der Waals surface area contributed by atoms with Crippen LogP contribution in [0.3, 0.4) is 0 Å². The largest absolute Gasteiger partial charge is 0.453 e. The number of aliphatic hydroxyl groups excluding tert-OH is 1. The van der Waals surface area contributed by atoms with E-state index in [-0.39, 0.29) is 0 Å². The molecule has 16 nitrogen and oxygen atoms in total.